The van der Waals surface area contributed by atoms with Gasteiger partial charge in [-0.2, -0.15) is 4.98 Å². The van der Waals surface area contributed by atoms with Crippen molar-refractivity contribution in [3.63, 3.8) is 0 Å². The quantitative estimate of drug-likeness (QED) is 0.502. The second kappa shape index (κ2) is 7.44. The SMILES string of the molecule is CNc1nc(NC2CC(C)(C(=O)N(C)C)C2)nn2ccc(-c3ccc4ncccc4n3)c12. The minimum absolute atomic E-state index is 0.163. The van der Waals surface area contributed by atoms with Crippen LogP contribution in [-0.4, -0.2) is 62.6 Å². The Morgan fingerprint density at radius 1 is 1.16 bits per heavy atom. The number of anilines is 2. The molecular formula is C23H26N8O. The first kappa shape index (κ1) is 20.2. The van der Waals surface area contributed by atoms with Crippen LogP contribution < -0.4 is 10.6 Å². The molecule has 1 aliphatic rings. The first-order valence-electron chi connectivity index (χ1n) is 10.7. The topological polar surface area (TPSA) is 100 Å². The molecule has 0 unspecified atom stereocenters. The minimum Gasteiger partial charge on any atom is -0.371 e. The molecule has 5 rings (SSSR count). The number of hydrogen-bond donors (Lipinski definition) is 2. The van der Waals surface area contributed by atoms with Gasteiger partial charge in [0.2, 0.25) is 11.9 Å². The fourth-order valence-corrected chi connectivity index (χ4v) is 4.60. The molecule has 32 heavy (non-hydrogen) atoms. The van der Waals surface area contributed by atoms with Gasteiger partial charge in [-0.25, -0.2) is 9.50 Å². The summed E-state index contributed by atoms with van der Waals surface area (Å²) < 4.78 is 1.81. The number of hydrogen-bond acceptors (Lipinski definition) is 7. The highest BCUT2D eigenvalue weighted by Crippen LogP contribution is 2.43. The standard InChI is InChI=1S/C23H26N8O/c1-23(21(32)30(3)4)12-14(13-23)26-22-28-20(24-2)19-15(9-11-31(19)29-22)16-7-8-17-18(27-16)6-5-10-25-17/h5-11,14H,12-13H2,1-4H3,(H2,24,26,28,29). The molecule has 9 heteroatoms. The summed E-state index contributed by atoms with van der Waals surface area (Å²) in [5.41, 5.74) is 4.01. The van der Waals surface area contributed by atoms with Crippen LogP contribution in [0.15, 0.2) is 42.7 Å². The molecule has 0 spiro atoms. The highest BCUT2D eigenvalue weighted by atomic mass is 16.2. The summed E-state index contributed by atoms with van der Waals surface area (Å²) in [7, 11) is 5.45. The van der Waals surface area contributed by atoms with Gasteiger partial charge in [0, 0.05) is 45.1 Å². The Balaban J connectivity index is 1.44. The molecule has 1 amide bonds. The first-order chi connectivity index (χ1) is 15.4. The van der Waals surface area contributed by atoms with Crippen LogP contribution in [0.4, 0.5) is 11.8 Å². The summed E-state index contributed by atoms with van der Waals surface area (Å²) in [6, 6.07) is 9.93. The van der Waals surface area contributed by atoms with Crippen molar-refractivity contribution in [3.05, 3.63) is 42.7 Å². The number of nitrogens with zero attached hydrogens (tertiary/aromatic N) is 6. The zero-order valence-corrected chi connectivity index (χ0v) is 18.6. The van der Waals surface area contributed by atoms with Gasteiger partial charge in [-0.15, -0.1) is 5.10 Å². The normalized spacial score (nSPS) is 20.2. The van der Waals surface area contributed by atoms with Gasteiger partial charge in [-0.05, 0) is 43.2 Å². The van der Waals surface area contributed by atoms with Crippen molar-refractivity contribution in [3.8, 4) is 11.3 Å². The molecule has 1 aliphatic carbocycles. The Hall–Kier alpha value is -3.75. The molecule has 4 aromatic rings. The van der Waals surface area contributed by atoms with Crippen LogP contribution in [0.1, 0.15) is 19.8 Å². The number of carbonyl (C=O) groups is 1. The van der Waals surface area contributed by atoms with Crippen LogP contribution in [0.3, 0.4) is 0 Å². The van der Waals surface area contributed by atoms with Crippen LogP contribution in [0, 0.1) is 5.41 Å². The van der Waals surface area contributed by atoms with Crippen molar-refractivity contribution >= 4 is 34.2 Å². The van der Waals surface area contributed by atoms with Gasteiger partial charge in [0.1, 0.15) is 5.52 Å². The molecule has 0 aromatic carbocycles. The van der Waals surface area contributed by atoms with E-state index in [0.717, 1.165) is 40.6 Å². The summed E-state index contributed by atoms with van der Waals surface area (Å²) in [4.78, 5) is 27.9. The predicted octanol–water partition coefficient (Wildman–Crippen LogP) is 3.05. The number of amides is 1. The van der Waals surface area contributed by atoms with Gasteiger partial charge >= 0.3 is 0 Å². The lowest BCUT2D eigenvalue weighted by atomic mass is 9.66. The summed E-state index contributed by atoms with van der Waals surface area (Å²) >= 11 is 0. The third-order valence-corrected chi connectivity index (χ3v) is 6.13. The second-order valence-corrected chi connectivity index (χ2v) is 8.80. The maximum atomic E-state index is 12.4. The zero-order valence-electron chi connectivity index (χ0n) is 18.6. The predicted molar refractivity (Wildman–Crippen MR) is 125 cm³/mol. The third kappa shape index (κ3) is 3.30. The van der Waals surface area contributed by atoms with E-state index in [4.69, 9.17) is 9.97 Å². The van der Waals surface area contributed by atoms with Gasteiger partial charge in [0.05, 0.1) is 22.1 Å². The molecule has 2 N–H and O–H groups in total. The number of pyridine rings is 2. The lowest BCUT2D eigenvalue weighted by Crippen LogP contribution is -2.52. The van der Waals surface area contributed by atoms with E-state index in [9.17, 15) is 4.79 Å². The van der Waals surface area contributed by atoms with Gasteiger partial charge in [-0.3, -0.25) is 9.78 Å². The second-order valence-electron chi connectivity index (χ2n) is 8.80. The van der Waals surface area contributed by atoms with E-state index in [1.165, 1.54) is 0 Å². The Kier molecular flexibility index (Phi) is 4.69. The molecule has 0 bridgehead atoms. The Morgan fingerprint density at radius 3 is 2.72 bits per heavy atom. The number of aromatic nitrogens is 5. The molecular weight excluding hydrogens is 404 g/mol. The van der Waals surface area contributed by atoms with E-state index in [2.05, 4.69) is 20.7 Å². The first-order valence-corrected chi connectivity index (χ1v) is 10.7. The third-order valence-electron chi connectivity index (χ3n) is 6.13. The molecule has 9 nitrogen and oxygen atoms in total. The van der Waals surface area contributed by atoms with E-state index in [-0.39, 0.29) is 17.4 Å². The maximum absolute atomic E-state index is 12.4. The monoisotopic (exact) mass is 430 g/mol. The molecule has 4 aromatic heterocycles. The summed E-state index contributed by atoms with van der Waals surface area (Å²) in [6.45, 7) is 2.01. The Bertz CT molecular complexity index is 1320. The van der Waals surface area contributed by atoms with Crippen molar-refractivity contribution in [2.24, 2.45) is 5.41 Å². The number of nitrogens with one attached hydrogen (secondary N) is 2. The van der Waals surface area contributed by atoms with E-state index in [1.54, 1.807) is 25.2 Å². The van der Waals surface area contributed by atoms with Crippen LogP contribution in [0.2, 0.25) is 0 Å². The van der Waals surface area contributed by atoms with Crippen LogP contribution in [-0.2, 0) is 4.79 Å². The van der Waals surface area contributed by atoms with Crippen molar-refractivity contribution < 1.29 is 4.79 Å². The van der Waals surface area contributed by atoms with Crippen LogP contribution in [0.5, 0.6) is 0 Å². The van der Waals surface area contributed by atoms with Crippen LogP contribution in [0.25, 0.3) is 27.8 Å². The van der Waals surface area contributed by atoms with Gasteiger partial charge in [0.25, 0.3) is 0 Å². The average molecular weight is 431 g/mol. The van der Waals surface area contributed by atoms with Gasteiger partial charge in [0.15, 0.2) is 5.82 Å². The Labute approximate surface area is 185 Å². The summed E-state index contributed by atoms with van der Waals surface area (Å²) in [6.07, 6.45) is 5.19. The molecule has 0 saturated heterocycles. The van der Waals surface area contributed by atoms with Crippen molar-refractivity contribution in [1.29, 1.82) is 0 Å². The summed E-state index contributed by atoms with van der Waals surface area (Å²) in [5, 5.41) is 11.2. The zero-order chi connectivity index (χ0) is 22.5. The van der Waals surface area contributed by atoms with E-state index in [0.29, 0.717) is 11.8 Å². The molecule has 0 radical (unpaired) electrons. The van der Waals surface area contributed by atoms with Gasteiger partial charge in [-0.1, -0.05) is 6.92 Å². The lowest BCUT2D eigenvalue weighted by Gasteiger charge is -2.45. The maximum Gasteiger partial charge on any atom is 0.243 e. The smallest absolute Gasteiger partial charge is 0.243 e. The molecule has 1 saturated carbocycles. The van der Waals surface area contributed by atoms with E-state index >= 15 is 0 Å². The van der Waals surface area contributed by atoms with Crippen molar-refractivity contribution in [2.75, 3.05) is 31.8 Å². The molecule has 1 fully saturated rings. The molecule has 0 aliphatic heterocycles. The van der Waals surface area contributed by atoms with Gasteiger partial charge < -0.3 is 15.5 Å². The number of carbonyl (C=O) groups excluding carboxylic acids is 1. The highest BCUT2D eigenvalue weighted by molar-refractivity contribution is 5.89. The minimum atomic E-state index is -0.325. The number of rotatable bonds is 5. The Morgan fingerprint density at radius 2 is 1.97 bits per heavy atom. The van der Waals surface area contributed by atoms with E-state index < -0.39 is 0 Å². The fourth-order valence-electron chi connectivity index (χ4n) is 4.60. The largest absolute Gasteiger partial charge is 0.371 e. The van der Waals surface area contributed by atoms with Crippen LogP contribution >= 0.6 is 0 Å². The van der Waals surface area contributed by atoms with Crippen molar-refractivity contribution in [2.45, 2.75) is 25.8 Å². The highest BCUT2D eigenvalue weighted by Gasteiger charge is 2.47. The lowest BCUT2D eigenvalue weighted by molar-refractivity contribution is -0.143. The number of fused-ring (bicyclic) bond motifs is 2. The summed E-state index contributed by atoms with van der Waals surface area (Å²) in [5.74, 6) is 1.40. The van der Waals surface area contributed by atoms with Crippen molar-refractivity contribution in [1.82, 2.24) is 29.5 Å². The molecule has 164 valence electrons. The van der Waals surface area contributed by atoms with E-state index in [1.807, 2.05) is 55.0 Å². The molecule has 0 atom stereocenters. The molecule has 4 heterocycles. The fraction of sp³-hybridized carbons (Fsp3) is 0.348. The average Bonchev–Trinajstić information content (AvgIpc) is 3.20.